The second-order valence-corrected chi connectivity index (χ2v) is 5.68. The third kappa shape index (κ3) is 2.46. The Morgan fingerprint density at radius 2 is 2.56 bits per heavy atom. The van der Waals surface area contributed by atoms with Crippen LogP contribution in [0.5, 0.6) is 0 Å². The number of halogens is 1. The first kappa shape index (κ1) is 12.0. The number of amides is 1. The van der Waals surface area contributed by atoms with Crippen molar-refractivity contribution in [1.29, 1.82) is 0 Å². The molecule has 1 amide bonds. The molecular weight excluding hydrogens is 288 g/mol. The summed E-state index contributed by atoms with van der Waals surface area (Å²) in [5.41, 5.74) is 2.60. The van der Waals surface area contributed by atoms with Crippen LogP contribution in [0.1, 0.15) is 28.2 Å². The number of hydrogen-bond donors (Lipinski definition) is 0. The number of aryl methyl sites for hydroxylation is 1. The molecule has 0 aliphatic carbocycles. The van der Waals surface area contributed by atoms with Crippen LogP contribution in [-0.4, -0.2) is 34.2 Å². The Labute approximate surface area is 108 Å². The van der Waals surface area contributed by atoms with Crippen molar-refractivity contribution in [3.63, 3.8) is 0 Å². The lowest BCUT2D eigenvalue weighted by molar-refractivity contribution is 0.0690. The molecule has 0 radical (unpaired) electrons. The lowest BCUT2D eigenvalue weighted by atomic mass is 10.00. The summed E-state index contributed by atoms with van der Waals surface area (Å²) in [6.07, 6.45) is 2.33. The van der Waals surface area contributed by atoms with E-state index in [1.165, 1.54) is 17.8 Å². The van der Waals surface area contributed by atoms with E-state index in [0.29, 0.717) is 5.92 Å². The normalized spacial score (nSPS) is 21.1. The highest BCUT2D eigenvalue weighted by Crippen LogP contribution is 2.22. The lowest BCUT2D eigenvalue weighted by Gasteiger charge is -2.31. The first-order chi connectivity index (χ1) is 7.72. The van der Waals surface area contributed by atoms with Crippen molar-refractivity contribution in [2.24, 2.45) is 5.92 Å². The molecule has 16 heavy (non-hydrogen) atoms. The Hall–Kier alpha value is -0.420. The monoisotopic (exact) mass is 302 g/mol. The van der Waals surface area contributed by atoms with Crippen molar-refractivity contribution in [2.75, 3.05) is 18.4 Å². The van der Waals surface area contributed by atoms with E-state index in [2.05, 4.69) is 20.9 Å². The Balaban J connectivity index is 2.07. The first-order valence-electron chi connectivity index (χ1n) is 5.47. The Kier molecular flexibility index (Phi) is 3.97. The van der Waals surface area contributed by atoms with Gasteiger partial charge in [-0.15, -0.1) is 11.3 Å². The van der Waals surface area contributed by atoms with Gasteiger partial charge in [-0.2, -0.15) is 0 Å². The highest BCUT2D eigenvalue weighted by molar-refractivity contribution is 9.09. The average Bonchev–Trinajstić information content (AvgIpc) is 2.74. The van der Waals surface area contributed by atoms with Gasteiger partial charge in [-0.25, -0.2) is 4.98 Å². The van der Waals surface area contributed by atoms with Crippen LogP contribution in [0.3, 0.4) is 0 Å². The summed E-state index contributed by atoms with van der Waals surface area (Å²) in [6, 6.07) is 0. The number of rotatable bonds is 2. The summed E-state index contributed by atoms with van der Waals surface area (Å²) < 4.78 is 0. The van der Waals surface area contributed by atoms with Crippen molar-refractivity contribution >= 4 is 33.2 Å². The van der Waals surface area contributed by atoms with E-state index in [1.54, 1.807) is 5.51 Å². The third-order valence-corrected chi connectivity index (χ3v) is 4.80. The number of alkyl halides is 1. The molecule has 1 saturated heterocycles. The van der Waals surface area contributed by atoms with Gasteiger partial charge in [0.2, 0.25) is 0 Å². The zero-order valence-corrected chi connectivity index (χ0v) is 11.7. The molecule has 2 heterocycles. The molecule has 1 unspecified atom stereocenters. The predicted octanol–water partition coefficient (Wildman–Crippen LogP) is 2.70. The van der Waals surface area contributed by atoms with Gasteiger partial charge in [0, 0.05) is 18.4 Å². The van der Waals surface area contributed by atoms with Gasteiger partial charge >= 0.3 is 0 Å². The van der Waals surface area contributed by atoms with Crippen LogP contribution in [0.2, 0.25) is 0 Å². The summed E-state index contributed by atoms with van der Waals surface area (Å²) in [5.74, 6) is 0.761. The largest absolute Gasteiger partial charge is 0.338 e. The summed E-state index contributed by atoms with van der Waals surface area (Å²) >= 11 is 4.95. The van der Waals surface area contributed by atoms with E-state index in [0.717, 1.165) is 35.4 Å². The average molecular weight is 303 g/mol. The topological polar surface area (TPSA) is 33.2 Å². The quantitative estimate of drug-likeness (QED) is 0.787. The van der Waals surface area contributed by atoms with Crippen LogP contribution in [-0.2, 0) is 0 Å². The van der Waals surface area contributed by atoms with Crippen LogP contribution >= 0.6 is 27.3 Å². The van der Waals surface area contributed by atoms with Crippen LogP contribution in [0.4, 0.5) is 0 Å². The van der Waals surface area contributed by atoms with Crippen LogP contribution in [0.25, 0.3) is 0 Å². The van der Waals surface area contributed by atoms with E-state index < -0.39 is 0 Å². The molecule has 0 bridgehead atoms. The number of carbonyl (C=O) groups is 1. The molecule has 2 rings (SSSR count). The summed E-state index contributed by atoms with van der Waals surface area (Å²) in [6.45, 7) is 3.66. The molecule has 5 heteroatoms. The summed E-state index contributed by atoms with van der Waals surface area (Å²) in [7, 11) is 0. The van der Waals surface area contributed by atoms with Crippen LogP contribution in [0.15, 0.2) is 5.51 Å². The van der Waals surface area contributed by atoms with E-state index in [4.69, 9.17) is 0 Å². The molecule has 1 aromatic rings. The maximum Gasteiger partial charge on any atom is 0.265 e. The van der Waals surface area contributed by atoms with Crippen molar-refractivity contribution in [1.82, 2.24) is 9.88 Å². The van der Waals surface area contributed by atoms with E-state index >= 15 is 0 Å². The van der Waals surface area contributed by atoms with Gasteiger partial charge in [-0.1, -0.05) is 15.9 Å². The molecule has 1 aliphatic rings. The summed E-state index contributed by atoms with van der Waals surface area (Å²) in [4.78, 5) is 19.1. The number of likely N-dealkylation sites (tertiary alicyclic amines) is 1. The summed E-state index contributed by atoms with van der Waals surface area (Å²) in [5, 5.41) is 0.985. The molecule has 3 nitrogen and oxygen atoms in total. The SMILES string of the molecule is Cc1ncsc1C(=O)N1CCCC(CBr)C1. The van der Waals surface area contributed by atoms with Crippen molar-refractivity contribution in [3.05, 3.63) is 16.1 Å². The Bertz CT molecular complexity index is 380. The van der Waals surface area contributed by atoms with Gasteiger partial charge in [0.25, 0.3) is 5.91 Å². The minimum atomic E-state index is 0.158. The minimum Gasteiger partial charge on any atom is -0.338 e. The third-order valence-electron chi connectivity index (χ3n) is 2.96. The van der Waals surface area contributed by atoms with Crippen molar-refractivity contribution in [2.45, 2.75) is 19.8 Å². The van der Waals surface area contributed by atoms with Gasteiger partial charge in [0.15, 0.2) is 0 Å². The maximum absolute atomic E-state index is 12.2. The molecule has 1 aliphatic heterocycles. The fourth-order valence-corrected chi connectivity index (χ4v) is 3.32. The van der Waals surface area contributed by atoms with E-state index in [9.17, 15) is 4.79 Å². The van der Waals surface area contributed by atoms with E-state index in [1.807, 2.05) is 11.8 Å². The van der Waals surface area contributed by atoms with Crippen molar-refractivity contribution < 1.29 is 4.79 Å². The fourth-order valence-electron chi connectivity index (χ4n) is 2.03. The van der Waals surface area contributed by atoms with Gasteiger partial charge < -0.3 is 4.90 Å². The number of thiazole rings is 1. The Morgan fingerprint density at radius 1 is 1.75 bits per heavy atom. The second kappa shape index (κ2) is 5.27. The number of carbonyl (C=O) groups excluding carboxylic acids is 1. The second-order valence-electron chi connectivity index (χ2n) is 4.18. The van der Waals surface area contributed by atoms with Gasteiger partial charge in [0.05, 0.1) is 11.2 Å². The predicted molar refractivity (Wildman–Crippen MR) is 69.3 cm³/mol. The Morgan fingerprint density at radius 3 is 3.19 bits per heavy atom. The standard InChI is InChI=1S/C11H15BrN2OS/c1-8-10(16-7-13-8)11(15)14-4-2-3-9(5-12)6-14/h7,9H,2-6H2,1H3. The maximum atomic E-state index is 12.2. The molecule has 0 N–H and O–H groups in total. The van der Waals surface area contributed by atoms with Gasteiger partial charge in [-0.05, 0) is 25.7 Å². The lowest BCUT2D eigenvalue weighted by Crippen LogP contribution is -2.40. The number of piperidine rings is 1. The molecule has 0 aromatic carbocycles. The fraction of sp³-hybridized carbons (Fsp3) is 0.636. The first-order valence-corrected chi connectivity index (χ1v) is 7.47. The zero-order valence-electron chi connectivity index (χ0n) is 9.28. The smallest absolute Gasteiger partial charge is 0.265 e. The molecule has 0 saturated carbocycles. The van der Waals surface area contributed by atoms with Crippen LogP contribution < -0.4 is 0 Å². The van der Waals surface area contributed by atoms with Crippen LogP contribution in [0, 0.1) is 12.8 Å². The highest BCUT2D eigenvalue weighted by Gasteiger charge is 2.25. The number of aromatic nitrogens is 1. The van der Waals surface area contributed by atoms with E-state index in [-0.39, 0.29) is 5.91 Å². The minimum absolute atomic E-state index is 0.158. The molecule has 88 valence electrons. The van der Waals surface area contributed by atoms with Gasteiger partial charge in [-0.3, -0.25) is 4.79 Å². The highest BCUT2D eigenvalue weighted by atomic mass is 79.9. The molecule has 1 aromatic heterocycles. The molecular formula is C11H15BrN2OS. The number of hydrogen-bond acceptors (Lipinski definition) is 3. The molecule has 1 fully saturated rings. The van der Waals surface area contributed by atoms with Gasteiger partial charge in [0.1, 0.15) is 4.88 Å². The molecule has 0 spiro atoms. The molecule has 1 atom stereocenters. The van der Waals surface area contributed by atoms with Crippen molar-refractivity contribution in [3.8, 4) is 0 Å². The zero-order chi connectivity index (χ0) is 11.5. The number of nitrogens with zero attached hydrogens (tertiary/aromatic N) is 2.